The van der Waals surface area contributed by atoms with Crippen LogP contribution in [0.4, 0.5) is 5.82 Å². The summed E-state index contributed by atoms with van der Waals surface area (Å²) in [5, 5.41) is 3.21. The van der Waals surface area contributed by atoms with Crippen LogP contribution in [0.1, 0.15) is 12.6 Å². The average molecular weight is 286 g/mol. The van der Waals surface area contributed by atoms with Gasteiger partial charge in [0, 0.05) is 26.1 Å². The molecule has 0 radical (unpaired) electrons. The second kappa shape index (κ2) is 7.28. The van der Waals surface area contributed by atoms with E-state index in [1.165, 1.54) is 0 Å². The number of carbonyl (C=O) groups excluding carboxylic acids is 1. The van der Waals surface area contributed by atoms with Crippen LogP contribution in [0.2, 0.25) is 5.02 Å². The summed E-state index contributed by atoms with van der Waals surface area (Å²) in [5.74, 6) is 5.80. The summed E-state index contributed by atoms with van der Waals surface area (Å²) < 4.78 is 0. The number of halogens is 1. The maximum absolute atomic E-state index is 11.5. The Morgan fingerprint density at radius 3 is 2.84 bits per heavy atom. The third-order valence-electron chi connectivity index (χ3n) is 2.77. The van der Waals surface area contributed by atoms with Crippen molar-refractivity contribution in [2.75, 3.05) is 26.1 Å². The summed E-state index contributed by atoms with van der Waals surface area (Å²) >= 11 is 6.09. The molecule has 0 aliphatic carbocycles. The van der Waals surface area contributed by atoms with Crippen molar-refractivity contribution in [3.05, 3.63) is 22.8 Å². The molecular formula is C12H20ClN5O. The van der Waals surface area contributed by atoms with Gasteiger partial charge in [0.2, 0.25) is 5.91 Å². The molecule has 1 aromatic heterocycles. The van der Waals surface area contributed by atoms with Gasteiger partial charge in [0.1, 0.15) is 5.82 Å². The molecule has 0 aliphatic heterocycles. The van der Waals surface area contributed by atoms with E-state index in [0.717, 1.165) is 5.69 Å². The number of hydrogen-bond donors (Lipinski definition) is 3. The predicted octanol–water partition coefficient (Wildman–Crippen LogP) is 0.834. The van der Waals surface area contributed by atoms with E-state index >= 15 is 0 Å². The van der Waals surface area contributed by atoms with Crippen LogP contribution in [0.15, 0.2) is 12.1 Å². The highest BCUT2D eigenvalue weighted by Crippen LogP contribution is 2.18. The van der Waals surface area contributed by atoms with E-state index in [-0.39, 0.29) is 11.8 Å². The number of rotatable bonds is 6. The molecule has 1 heterocycles. The van der Waals surface area contributed by atoms with Crippen molar-refractivity contribution in [1.29, 1.82) is 0 Å². The van der Waals surface area contributed by atoms with E-state index in [4.69, 9.17) is 17.4 Å². The molecule has 7 heteroatoms. The Balaban J connectivity index is 2.66. The maximum atomic E-state index is 11.5. The van der Waals surface area contributed by atoms with Crippen molar-refractivity contribution < 1.29 is 4.79 Å². The van der Waals surface area contributed by atoms with Crippen LogP contribution in [0.5, 0.6) is 0 Å². The molecule has 1 unspecified atom stereocenters. The van der Waals surface area contributed by atoms with Crippen molar-refractivity contribution in [2.45, 2.75) is 13.5 Å². The quantitative estimate of drug-likeness (QED) is 0.533. The lowest BCUT2D eigenvalue weighted by Crippen LogP contribution is -2.34. The zero-order valence-corrected chi connectivity index (χ0v) is 12.2. The Morgan fingerprint density at radius 2 is 2.26 bits per heavy atom. The first-order chi connectivity index (χ1) is 8.97. The Kier molecular flexibility index (Phi) is 6.01. The number of nitrogen functional groups attached to an aromatic ring is 1. The number of aromatic nitrogens is 1. The SMILES string of the molecule is CNC(=O)C(C)CN(C)Cc1nc(NN)ccc1Cl. The Morgan fingerprint density at radius 1 is 1.58 bits per heavy atom. The van der Waals surface area contributed by atoms with Crippen molar-refractivity contribution in [3.8, 4) is 0 Å². The van der Waals surface area contributed by atoms with Crippen molar-refractivity contribution in [2.24, 2.45) is 11.8 Å². The van der Waals surface area contributed by atoms with E-state index in [9.17, 15) is 4.79 Å². The first kappa shape index (κ1) is 15.7. The van der Waals surface area contributed by atoms with Crippen LogP contribution in [0.3, 0.4) is 0 Å². The van der Waals surface area contributed by atoms with Crippen LogP contribution < -0.4 is 16.6 Å². The van der Waals surface area contributed by atoms with E-state index in [2.05, 4.69) is 15.7 Å². The fraction of sp³-hybridized carbons (Fsp3) is 0.500. The number of hydrogen-bond acceptors (Lipinski definition) is 5. The number of anilines is 1. The second-order valence-electron chi connectivity index (χ2n) is 4.48. The zero-order valence-electron chi connectivity index (χ0n) is 11.4. The standard InChI is InChI=1S/C12H20ClN5O/c1-8(12(19)15-2)6-18(3)7-10-9(13)4-5-11(16-10)17-14/h4-5,8H,6-7,14H2,1-3H3,(H,15,19)(H,16,17). The molecule has 19 heavy (non-hydrogen) atoms. The van der Waals surface area contributed by atoms with Gasteiger partial charge in [-0.05, 0) is 19.2 Å². The fourth-order valence-electron chi connectivity index (χ4n) is 1.79. The largest absolute Gasteiger partial charge is 0.359 e. The van der Waals surface area contributed by atoms with Gasteiger partial charge >= 0.3 is 0 Å². The third-order valence-corrected chi connectivity index (χ3v) is 3.11. The highest BCUT2D eigenvalue weighted by Gasteiger charge is 2.15. The summed E-state index contributed by atoms with van der Waals surface area (Å²) in [6.07, 6.45) is 0. The number of nitrogens with one attached hydrogen (secondary N) is 2. The topological polar surface area (TPSA) is 83.3 Å². The van der Waals surface area contributed by atoms with Gasteiger partial charge < -0.3 is 10.7 Å². The molecule has 106 valence electrons. The lowest BCUT2D eigenvalue weighted by atomic mass is 10.1. The van der Waals surface area contributed by atoms with Gasteiger partial charge in [-0.15, -0.1) is 0 Å². The van der Waals surface area contributed by atoms with Crippen molar-refractivity contribution in [1.82, 2.24) is 15.2 Å². The molecule has 0 aliphatic rings. The van der Waals surface area contributed by atoms with Crippen LogP contribution >= 0.6 is 11.6 Å². The summed E-state index contributed by atoms with van der Waals surface area (Å²) in [6, 6.07) is 3.45. The van der Waals surface area contributed by atoms with Gasteiger partial charge in [0.25, 0.3) is 0 Å². The Bertz CT molecular complexity index is 440. The first-order valence-corrected chi connectivity index (χ1v) is 6.38. The molecule has 6 nitrogen and oxygen atoms in total. The van der Waals surface area contributed by atoms with Crippen LogP contribution in [-0.2, 0) is 11.3 Å². The van der Waals surface area contributed by atoms with E-state index in [0.29, 0.717) is 23.9 Å². The third kappa shape index (κ3) is 4.66. The van der Waals surface area contributed by atoms with Gasteiger partial charge in [-0.25, -0.2) is 10.8 Å². The fourth-order valence-corrected chi connectivity index (χ4v) is 1.96. The van der Waals surface area contributed by atoms with E-state index in [1.807, 2.05) is 18.9 Å². The van der Waals surface area contributed by atoms with E-state index in [1.54, 1.807) is 19.2 Å². The Hall–Kier alpha value is -1.37. The highest BCUT2D eigenvalue weighted by molar-refractivity contribution is 6.31. The van der Waals surface area contributed by atoms with Crippen LogP contribution in [-0.4, -0.2) is 36.4 Å². The number of nitrogens with two attached hydrogens (primary N) is 1. The normalized spacial score (nSPS) is 12.3. The van der Waals surface area contributed by atoms with Gasteiger partial charge in [-0.1, -0.05) is 18.5 Å². The van der Waals surface area contributed by atoms with Crippen LogP contribution in [0, 0.1) is 5.92 Å². The number of hydrazine groups is 1. The molecule has 0 saturated heterocycles. The number of amides is 1. The molecule has 0 spiro atoms. The van der Waals surface area contributed by atoms with Crippen molar-refractivity contribution in [3.63, 3.8) is 0 Å². The molecule has 1 aromatic rings. The smallest absolute Gasteiger partial charge is 0.223 e. The van der Waals surface area contributed by atoms with Crippen LogP contribution in [0.25, 0.3) is 0 Å². The van der Waals surface area contributed by atoms with Gasteiger partial charge in [0.05, 0.1) is 10.7 Å². The number of carbonyl (C=O) groups is 1. The molecule has 0 bridgehead atoms. The lowest BCUT2D eigenvalue weighted by Gasteiger charge is -2.20. The van der Waals surface area contributed by atoms with Gasteiger partial charge in [0.15, 0.2) is 0 Å². The van der Waals surface area contributed by atoms with Gasteiger partial charge in [-0.2, -0.15) is 0 Å². The lowest BCUT2D eigenvalue weighted by molar-refractivity contribution is -0.124. The maximum Gasteiger partial charge on any atom is 0.223 e. The monoisotopic (exact) mass is 285 g/mol. The summed E-state index contributed by atoms with van der Waals surface area (Å²) in [4.78, 5) is 17.7. The number of nitrogens with zero attached hydrogens (tertiary/aromatic N) is 2. The average Bonchev–Trinajstić information content (AvgIpc) is 2.40. The highest BCUT2D eigenvalue weighted by atomic mass is 35.5. The molecule has 1 amide bonds. The minimum Gasteiger partial charge on any atom is -0.359 e. The molecule has 1 rings (SSSR count). The summed E-state index contributed by atoms with van der Waals surface area (Å²) in [7, 11) is 3.55. The minimum absolute atomic E-state index is 0.0169. The molecule has 0 fully saturated rings. The van der Waals surface area contributed by atoms with Gasteiger partial charge in [-0.3, -0.25) is 9.69 Å². The van der Waals surface area contributed by atoms with E-state index < -0.39 is 0 Å². The molecule has 4 N–H and O–H groups in total. The zero-order chi connectivity index (χ0) is 14.4. The number of pyridine rings is 1. The second-order valence-corrected chi connectivity index (χ2v) is 4.89. The molecule has 0 saturated carbocycles. The first-order valence-electron chi connectivity index (χ1n) is 6.00. The Labute approximate surface area is 118 Å². The summed E-state index contributed by atoms with van der Waals surface area (Å²) in [6.45, 7) is 3.05. The minimum atomic E-state index is -0.0930. The molecule has 0 aromatic carbocycles. The predicted molar refractivity (Wildman–Crippen MR) is 76.6 cm³/mol. The summed E-state index contributed by atoms with van der Waals surface area (Å²) in [5.41, 5.74) is 3.21. The van der Waals surface area contributed by atoms with Crippen molar-refractivity contribution >= 4 is 23.3 Å². The molecule has 1 atom stereocenters. The molecular weight excluding hydrogens is 266 g/mol.